The molecular formula is C29H29F5N6O2. The van der Waals surface area contributed by atoms with Gasteiger partial charge in [-0.3, -0.25) is 9.36 Å². The number of hydrogen-bond donors (Lipinski definition) is 1. The Morgan fingerprint density at radius 2 is 1.83 bits per heavy atom. The van der Waals surface area contributed by atoms with Crippen LogP contribution in [0.5, 0.6) is 5.75 Å². The molecular weight excluding hydrogens is 559 g/mol. The smallest absolute Gasteiger partial charge is 0.488 e. The summed E-state index contributed by atoms with van der Waals surface area (Å²) in [5, 5.41) is 2.88. The fraction of sp³-hybridized carbons (Fsp3) is 0.276. The monoisotopic (exact) mass is 588 g/mol. The first-order chi connectivity index (χ1) is 19.9. The number of alkyl halides is 3. The lowest BCUT2D eigenvalue weighted by molar-refractivity contribution is -0.200. The molecule has 2 aromatic carbocycles. The van der Waals surface area contributed by atoms with Crippen LogP contribution in [-0.4, -0.2) is 66.7 Å². The fourth-order valence-corrected chi connectivity index (χ4v) is 4.49. The molecule has 2 heterocycles. The van der Waals surface area contributed by atoms with Crippen molar-refractivity contribution in [2.24, 2.45) is 0 Å². The molecule has 0 bridgehead atoms. The van der Waals surface area contributed by atoms with E-state index < -0.39 is 18.3 Å². The van der Waals surface area contributed by atoms with Crippen molar-refractivity contribution in [1.82, 2.24) is 19.4 Å². The first-order valence-corrected chi connectivity index (χ1v) is 12.8. The maximum atomic E-state index is 13.7. The number of methoxy groups -OCH3 is 1. The summed E-state index contributed by atoms with van der Waals surface area (Å²) < 4.78 is 72.5. The molecule has 1 N–H and O–H groups in total. The van der Waals surface area contributed by atoms with Crippen LogP contribution >= 0.6 is 0 Å². The highest BCUT2D eigenvalue weighted by molar-refractivity contribution is 6.02. The zero-order valence-corrected chi connectivity index (χ0v) is 23.3. The molecule has 8 nitrogen and oxygen atoms in total. The highest BCUT2D eigenvalue weighted by Gasteiger charge is 2.33. The Hall–Kier alpha value is -4.52. The van der Waals surface area contributed by atoms with Crippen LogP contribution in [0.25, 0.3) is 22.2 Å². The van der Waals surface area contributed by atoms with Gasteiger partial charge in [-0.2, -0.15) is 8.78 Å². The normalized spacial score (nSPS) is 11.6. The highest BCUT2D eigenvalue weighted by Crippen LogP contribution is 2.37. The first-order valence-electron chi connectivity index (χ1n) is 12.8. The van der Waals surface area contributed by atoms with Crippen LogP contribution in [0.15, 0.2) is 67.0 Å². The first kappa shape index (κ1) is 30.4. The third kappa shape index (κ3) is 7.03. The average Bonchev–Trinajstić information content (AvgIpc) is 3.32. The summed E-state index contributed by atoms with van der Waals surface area (Å²) in [6.07, 6.45) is -4.04. The molecule has 0 fully saturated rings. The number of benzene rings is 2. The Balaban J connectivity index is 1.74. The van der Waals surface area contributed by atoms with Crippen LogP contribution in [0.2, 0.25) is 0 Å². The molecule has 0 aliphatic heterocycles. The minimum Gasteiger partial charge on any atom is -0.496 e. The van der Waals surface area contributed by atoms with Crippen LogP contribution in [0.4, 0.5) is 33.3 Å². The number of nitrogens with zero attached hydrogens (tertiary/aromatic N) is 5. The van der Waals surface area contributed by atoms with E-state index in [1.807, 2.05) is 23.9 Å². The Labute approximate surface area is 239 Å². The van der Waals surface area contributed by atoms with E-state index in [0.717, 1.165) is 6.20 Å². The lowest BCUT2D eigenvalue weighted by Gasteiger charge is -2.25. The van der Waals surface area contributed by atoms with Crippen LogP contribution in [0.3, 0.4) is 0 Å². The van der Waals surface area contributed by atoms with E-state index in [1.54, 1.807) is 31.3 Å². The number of aromatic nitrogens is 3. The van der Waals surface area contributed by atoms with Gasteiger partial charge in [0.1, 0.15) is 11.6 Å². The highest BCUT2D eigenvalue weighted by atomic mass is 19.4. The van der Waals surface area contributed by atoms with Crippen molar-refractivity contribution in [3.8, 4) is 17.0 Å². The Morgan fingerprint density at radius 1 is 1.10 bits per heavy atom. The van der Waals surface area contributed by atoms with E-state index in [2.05, 4.69) is 15.3 Å². The molecule has 0 unspecified atom stereocenters. The molecule has 0 saturated heterocycles. The minimum atomic E-state index is -4.62. The summed E-state index contributed by atoms with van der Waals surface area (Å²) in [6, 6.07) is 10.9. The summed E-state index contributed by atoms with van der Waals surface area (Å²) in [5.41, 5.74) is 1.89. The predicted molar refractivity (Wildman–Crippen MR) is 151 cm³/mol. The molecule has 4 aromatic rings. The third-order valence-electron chi connectivity index (χ3n) is 6.51. The molecule has 0 atom stereocenters. The van der Waals surface area contributed by atoms with Crippen molar-refractivity contribution in [1.29, 1.82) is 0 Å². The van der Waals surface area contributed by atoms with Gasteiger partial charge in [-0.25, -0.2) is 9.97 Å². The molecule has 42 heavy (non-hydrogen) atoms. The average molecular weight is 589 g/mol. The fourth-order valence-electron chi connectivity index (χ4n) is 4.49. The quantitative estimate of drug-likeness (QED) is 0.184. The third-order valence-corrected chi connectivity index (χ3v) is 6.51. The van der Waals surface area contributed by atoms with Crippen molar-refractivity contribution in [3.63, 3.8) is 0 Å². The van der Waals surface area contributed by atoms with Crippen LogP contribution in [0, 0.1) is 0 Å². The number of carbonyl (C=O) groups excluding carboxylic acids is 1. The predicted octanol–water partition coefficient (Wildman–Crippen LogP) is 5.89. The number of para-hydroxylation sites is 1. The molecule has 0 aliphatic rings. The lowest BCUT2D eigenvalue weighted by atomic mass is 10.1. The van der Waals surface area contributed by atoms with Gasteiger partial charge in [0, 0.05) is 61.5 Å². The van der Waals surface area contributed by atoms with Crippen molar-refractivity contribution >= 4 is 28.2 Å². The van der Waals surface area contributed by atoms with Crippen molar-refractivity contribution in [2.75, 3.05) is 51.6 Å². The van der Waals surface area contributed by atoms with Gasteiger partial charge in [0.25, 0.3) is 12.0 Å². The van der Waals surface area contributed by atoms with E-state index in [4.69, 9.17) is 4.74 Å². The van der Waals surface area contributed by atoms with E-state index in [1.165, 1.54) is 31.5 Å². The number of likely N-dealkylation sites (N-methyl/N-ethyl adjacent to an activating group) is 2. The van der Waals surface area contributed by atoms with Gasteiger partial charge >= 0.3 is 6.30 Å². The Bertz CT molecular complexity index is 1610. The SMILES string of the molecule is COc1cc(N(C)CCN(C)C)c(NC(=O)C=C(F)F)cc1Cc1nccc(-c2cn(C(F)(F)F)c3ccccc23)n1. The summed E-state index contributed by atoms with van der Waals surface area (Å²) in [6.45, 7) is 1.24. The van der Waals surface area contributed by atoms with Crippen LogP contribution in [0.1, 0.15) is 11.4 Å². The number of ether oxygens (including phenoxy) is 1. The van der Waals surface area contributed by atoms with Crippen LogP contribution in [-0.2, 0) is 17.5 Å². The zero-order valence-electron chi connectivity index (χ0n) is 23.3. The summed E-state index contributed by atoms with van der Waals surface area (Å²) >= 11 is 0. The van der Waals surface area contributed by atoms with Gasteiger partial charge in [0.2, 0.25) is 0 Å². The second kappa shape index (κ2) is 12.6. The van der Waals surface area contributed by atoms with Gasteiger partial charge in [-0.1, -0.05) is 18.2 Å². The zero-order chi connectivity index (χ0) is 30.6. The Kier molecular flexibility index (Phi) is 9.10. The van der Waals surface area contributed by atoms with Gasteiger partial charge in [0.05, 0.1) is 35.8 Å². The largest absolute Gasteiger partial charge is 0.496 e. The summed E-state index contributed by atoms with van der Waals surface area (Å²) in [7, 11) is 7.07. The van der Waals surface area contributed by atoms with E-state index in [0.29, 0.717) is 35.5 Å². The number of amides is 1. The number of fused-ring (bicyclic) bond motifs is 1. The molecule has 0 radical (unpaired) electrons. The van der Waals surface area contributed by atoms with E-state index in [9.17, 15) is 26.7 Å². The molecule has 1 amide bonds. The van der Waals surface area contributed by atoms with Crippen molar-refractivity contribution in [2.45, 2.75) is 12.7 Å². The van der Waals surface area contributed by atoms with Crippen molar-refractivity contribution < 1.29 is 31.5 Å². The van der Waals surface area contributed by atoms with Crippen molar-refractivity contribution in [3.05, 3.63) is 78.4 Å². The maximum Gasteiger partial charge on any atom is 0.488 e. The Morgan fingerprint density at radius 3 is 2.50 bits per heavy atom. The molecule has 4 rings (SSSR count). The second-order valence-electron chi connectivity index (χ2n) is 9.76. The number of carbonyl (C=O) groups is 1. The molecule has 0 aliphatic carbocycles. The number of nitrogens with one attached hydrogen (secondary N) is 1. The number of halogens is 5. The van der Waals surface area contributed by atoms with Crippen LogP contribution < -0.4 is 15.0 Å². The topological polar surface area (TPSA) is 75.5 Å². The van der Waals surface area contributed by atoms with Gasteiger partial charge in [0.15, 0.2) is 0 Å². The molecule has 0 spiro atoms. The lowest BCUT2D eigenvalue weighted by Crippen LogP contribution is -2.29. The van der Waals surface area contributed by atoms with Gasteiger partial charge in [-0.05, 0) is 32.3 Å². The molecule has 222 valence electrons. The van der Waals surface area contributed by atoms with Gasteiger partial charge < -0.3 is 19.9 Å². The standard InChI is InChI=1S/C29H29F5N6O2/c1-38(2)11-12-39(3)24-15-25(42-4)18(13-22(24)37-28(41)16-26(30)31)14-27-35-10-9-21(36-27)20-17-40(29(32,33)34)23-8-6-5-7-19(20)23/h5-10,13,15-17H,11-12,14H2,1-4H3,(H,37,41). The number of anilines is 2. The summed E-state index contributed by atoms with van der Waals surface area (Å²) in [4.78, 5) is 24.9. The minimum absolute atomic E-state index is 0.00467. The summed E-state index contributed by atoms with van der Waals surface area (Å²) in [5.74, 6) is -0.308. The van der Waals surface area contributed by atoms with Gasteiger partial charge in [-0.15, -0.1) is 13.2 Å². The molecule has 0 saturated carbocycles. The second-order valence-corrected chi connectivity index (χ2v) is 9.76. The molecule has 13 heteroatoms. The number of hydrogen-bond acceptors (Lipinski definition) is 6. The van der Waals surface area contributed by atoms with E-state index >= 15 is 0 Å². The molecule has 2 aromatic heterocycles. The maximum absolute atomic E-state index is 13.7. The van der Waals surface area contributed by atoms with E-state index in [-0.39, 0.29) is 45.3 Å². The number of rotatable bonds is 10.